The second-order valence-electron chi connectivity index (χ2n) is 4.83. The van der Waals surface area contributed by atoms with Crippen LogP contribution < -0.4 is 14.8 Å². The number of nitrogens with one attached hydrogen (secondary N) is 1. The van der Waals surface area contributed by atoms with Gasteiger partial charge in [0.15, 0.2) is 17.0 Å². The maximum atomic E-state index is 14.0. The predicted octanol–water partition coefficient (Wildman–Crippen LogP) is 0.816. The van der Waals surface area contributed by atoms with Crippen molar-refractivity contribution in [2.75, 3.05) is 27.4 Å². The number of benzene rings is 1. The van der Waals surface area contributed by atoms with Crippen LogP contribution in [-0.4, -0.2) is 50.0 Å². The lowest BCUT2D eigenvalue weighted by Gasteiger charge is -2.24. The molecular formula is C14H16FNO6. The topological polar surface area (TPSA) is 94.1 Å². The first-order valence-corrected chi connectivity index (χ1v) is 6.48. The standard InChI is InChI=1S/C14H16FNO6/c1-20-10-5-8(9(15)6-11(10)21-2)12(17)16-14(13(18)19)3-4-22-7-14/h5-6H,3-4,7H2,1-2H3,(H,16,17)(H,18,19). The van der Waals surface area contributed by atoms with Crippen LogP contribution in [0.3, 0.4) is 0 Å². The van der Waals surface area contributed by atoms with Crippen LogP contribution >= 0.6 is 0 Å². The normalized spacial score (nSPS) is 20.5. The second-order valence-corrected chi connectivity index (χ2v) is 4.83. The number of carboxylic acids is 1. The average molecular weight is 313 g/mol. The summed E-state index contributed by atoms with van der Waals surface area (Å²) in [5.74, 6) is -2.62. The van der Waals surface area contributed by atoms with E-state index >= 15 is 0 Å². The van der Waals surface area contributed by atoms with E-state index in [1.807, 2.05) is 0 Å². The van der Waals surface area contributed by atoms with Gasteiger partial charge < -0.3 is 24.6 Å². The molecular weight excluding hydrogens is 297 g/mol. The minimum Gasteiger partial charge on any atom is -0.493 e. The number of hydrogen-bond donors (Lipinski definition) is 2. The average Bonchev–Trinajstić information content (AvgIpc) is 2.96. The number of aliphatic carboxylic acids is 1. The highest BCUT2D eigenvalue weighted by atomic mass is 19.1. The molecule has 120 valence electrons. The van der Waals surface area contributed by atoms with Gasteiger partial charge in [0.2, 0.25) is 0 Å². The molecule has 1 aliphatic rings. The molecule has 0 saturated carbocycles. The van der Waals surface area contributed by atoms with Gasteiger partial charge >= 0.3 is 5.97 Å². The Labute approximate surface area is 126 Å². The molecule has 2 N–H and O–H groups in total. The first kappa shape index (κ1) is 16.0. The highest BCUT2D eigenvalue weighted by Crippen LogP contribution is 2.30. The van der Waals surface area contributed by atoms with Crippen molar-refractivity contribution in [3.8, 4) is 11.5 Å². The van der Waals surface area contributed by atoms with Crippen molar-refractivity contribution in [2.45, 2.75) is 12.0 Å². The smallest absolute Gasteiger partial charge is 0.331 e. The Hall–Kier alpha value is -2.35. The third-order valence-corrected chi connectivity index (χ3v) is 3.50. The molecule has 1 aromatic rings. The fraction of sp³-hybridized carbons (Fsp3) is 0.429. The summed E-state index contributed by atoms with van der Waals surface area (Å²) in [5, 5.41) is 11.6. The number of rotatable bonds is 5. The molecule has 0 radical (unpaired) electrons. The Morgan fingerprint density at radius 2 is 1.95 bits per heavy atom. The molecule has 22 heavy (non-hydrogen) atoms. The van der Waals surface area contributed by atoms with Crippen molar-refractivity contribution in [3.63, 3.8) is 0 Å². The van der Waals surface area contributed by atoms with E-state index < -0.39 is 23.2 Å². The lowest BCUT2D eigenvalue weighted by atomic mass is 9.98. The molecule has 0 bridgehead atoms. The Kier molecular flexibility index (Phi) is 4.51. The van der Waals surface area contributed by atoms with E-state index in [0.29, 0.717) is 0 Å². The van der Waals surface area contributed by atoms with E-state index in [2.05, 4.69) is 5.32 Å². The van der Waals surface area contributed by atoms with Gasteiger partial charge in [0.25, 0.3) is 5.91 Å². The largest absolute Gasteiger partial charge is 0.493 e. The molecule has 1 fully saturated rings. The summed E-state index contributed by atoms with van der Waals surface area (Å²) >= 11 is 0. The number of hydrogen-bond acceptors (Lipinski definition) is 5. The molecule has 1 aromatic carbocycles. The van der Waals surface area contributed by atoms with Gasteiger partial charge in [-0.2, -0.15) is 0 Å². The Bertz CT molecular complexity index is 597. The summed E-state index contributed by atoms with van der Waals surface area (Å²) in [6.07, 6.45) is 0.114. The van der Waals surface area contributed by atoms with Crippen molar-refractivity contribution in [3.05, 3.63) is 23.5 Å². The molecule has 0 aromatic heterocycles. The van der Waals surface area contributed by atoms with Crippen LogP contribution in [0.2, 0.25) is 0 Å². The van der Waals surface area contributed by atoms with E-state index in [-0.39, 0.29) is 36.7 Å². The maximum Gasteiger partial charge on any atom is 0.331 e. The summed E-state index contributed by atoms with van der Waals surface area (Å²) in [5.41, 5.74) is -1.87. The zero-order valence-electron chi connectivity index (χ0n) is 12.1. The van der Waals surface area contributed by atoms with E-state index in [0.717, 1.165) is 12.1 Å². The van der Waals surface area contributed by atoms with Gasteiger partial charge in [-0.3, -0.25) is 4.79 Å². The molecule has 1 aliphatic heterocycles. The minimum absolute atomic E-state index is 0.114. The maximum absolute atomic E-state index is 14.0. The fourth-order valence-electron chi connectivity index (χ4n) is 2.20. The number of carboxylic acid groups (broad SMARTS) is 1. The first-order valence-electron chi connectivity index (χ1n) is 6.48. The molecule has 1 amide bonds. The van der Waals surface area contributed by atoms with E-state index in [1.54, 1.807) is 0 Å². The van der Waals surface area contributed by atoms with Crippen molar-refractivity contribution >= 4 is 11.9 Å². The van der Waals surface area contributed by atoms with E-state index in [1.165, 1.54) is 14.2 Å². The van der Waals surface area contributed by atoms with E-state index in [9.17, 15) is 19.1 Å². The highest BCUT2D eigenvalue weighted by molar-refractivity contribution is 5.98. The summed E-state index contributed by atoms with van der Waals surface area (Å²) in [7, 11) is 2.69. The lowest BCUT2D eigenvalue weighted by Crippen LogP contribution is -2.55. The number of carbonyl (C=O) groups excluding carboxylic acids is 1. The van der Waals surface area contributed by atoms with Gasteiger partial charge in [0, 0.05) is 19.1 Å². The van der Waals surface area contributed by atoms with Crippen LogP contribution in [-0.2, 0) is 9.53 Å². The Balaban J connectivity index is 2.31. The highest BCUT2D eigenvalue weighted by Gasteiger charge is 2.44. The van der Waals surface area contributed by atoms with Gasteiger partial charge in [0.1, 0.15) is 5.82 Å². The summed E-state index contributed by atoms with van der Waals surface area (Å²) < 4.78 is 29.0. The molecule has 1 heterocycles. The van der Waals surface area contributed by atoms with Gasteiger partial charge in [-0.1, -0.05) is 0 Å². The summed E-state index contributed by atoms with van der Waals surface area (Å²) in [6.45, 7) is 0.0456. The molecule has 1 saturated heterocycles. The van der Waals surface area contributed by atoms with Crippen molar-refractivity contribution < 1.29 is 33.3 Å². The van der Waals surface area contributed by atoms with Crippen molar-refractivity contribution in [2.24, 2.45) is 0 Å². The third-order valence-electron chi connectivity index (χ3n) is 3.50. The molecule has 1 atom stereocenters. The number of amides is 1. The van der Waals surface area contributed by atoms with Gasteiger partial charge in [-0.05, 0) is 6.07 Å². The molecule has 2 rings (SSSR count). The van der Waals surface area contributed by atoms with Gasteiger partial charge in [-0.25, -0.2) is 9.18 Å². The van der Waals surface area contributed by atoms with Crippen LogP contribution in [0.5, 0.6) is 11.5 Å². The third kappa shape index (κ3) is 2.82. The lowest BCUT2D eigenvalue weighted by molar-refractivity contribution is -0.144. The first-order chi connectivity index (χ1) is 10.4. The second kappa shape index (κ2) is 6.18. The van der Waals surface area contributed by atoms with Crippen LogP contribution in [0.1, 0.15) is 16.8 Å². The van der Waals surface area contributed by atoms with Crippen molar-refractivity contribution in [1.82, 2.24) is 5.32 Å². The minimum atomic E-state index is -1.54. The molecule has 7 nitrogen and oxygen atoms in total. The number of carbonyl (C=O) groups is 2. The van der Waals surface area contributed by atoms with Crippen molar-refractivity contribution in [1.29, 1.82) is 0 Å². The quantitative estimate of drug-likeness (QED) is 0.836. The monoisotopic (exact) mass is 313 g/mol. The zero-order chi connectivity index (χ0) is 16.3. The van der Waals surface area contributed by atoms with Gasteiger partial charge in [0.05, 0.1) is 26.4 Å². The van der Waals surface area contributed by atoms with Gasteiger partial charge in [-0.15, -0.1) is 0 Å². The molecule has 8 heteroatoms. The predicted molar refractivity (Wildman–Crippen MR) is 72.8 cm³/mol. The van der Waals surface area contributed by atoms with Crippen LogP contribution in [0.25, 0.3) is 0 Å². The SMILES string of the molecule is COc1cc(F)c(C(=O)NC2(C(=O)O)CCOC2)cc1OC. The number of methoxy groups -OCH3 is 2. The molecule has 0 spiro atoms. The Morgan fingerprint density at radius 3 is 2.45 bits per heavy atom. The number of ether oxygens (including phenoxy) is 3. The number of halogens is 1. The van der Waals surface area contributed by atoms with E-state index in [4.69, 9.17) is 14.2 Å². The summed E-state index contributed by atoms with van der Waals surface area (Å²) in [4.78, 5) is 23.6. The van der Waals surface area contributed by atoms with Crippen LogP contribution in [0.15, 0.2) is 12.1 Å². The molecule has 1 unspecified atom stereocenters. The van der Waals surface area contributed by atoms with Crippen LogP contribution in [0, 0.1) is 5.82 Å². The Morgan fingerprint density at radius 1 is 1.32 bits per heavy atom. The van der Waals surface area contributed by atoms with Crippen LogP contribution in [0.4, 0.5) is 4.39 Å². The summed E-state index contributed by atoms with van der Waals surface area (Å²) in [6, 6.07) is 2.17. The zero-order valence-corrected chi connectivity index (χ0v) is 12.1. The fourth-order valence-corrected chi connectivity index (χ4v) is 2.20. The molecule has 0 aliphatic carbocycles.